The van der Waals surface area contributed by atoms with Crippen molar-refractivity contribution >= 4 is 5.52 Å². The van der Waals surface area contributed by atoms with Crippen molar-refractivity contribution in [1.29, 1.82) is 0 Å². The summed E-state index contributed by atoms with van der Waals surface area (Å²) in [4.78, 5) is 0. The first-order valence-electron chi connectivity index (χ1n) is 6.68. The van der Waals surface area contributed by atoms with E-state index in [2.05, 4.69) is 43.5 Å². The first-order valence-corrected chi connectivity index (χ1v) is 6.68. The first-order chi connectivity index (χ1) is 8.24. The van der Waals surface area contributed by atoms with Gasteiger partial charge in [0.25, 0.3) is 0 Å². The van der Waals surface area contributed by atoms with Crippen LogP contribution in [0.25, 0.3) is 5.52 Å². The zero-order valence-corrected chi connectivity index (χ0v) is 10.7. The molecule has 0 spiro atoms. The Kier molecular flexibility index (Phi) is 2.65. The predicted octanol–water partition coefficient (Wildman–Crippen LogP) is 3.94. The van der Waals surface area contributed by atoms with Crippen molar-refractivity contribution in [2.75, 3.05) is 0 Å². The maximum Gasteiger partial charge on any atom is 0.0699 e. The van der Waals surface area contributed by atoms with Crippen LogP contribution in [0.1, 0.15) is 49.7 Å². The van der Waals surface area contributed by atoms with Gasteiger partial charge in [0, 0.05) is 11.8 Å². The van der Waals surface area contributed by atoms with Gasteiger partial charge in [0.15, 0.2) is 0 Å². The van der Waals surface area contributed by atoms with Crippen molar-refractivity contribution < 1.29 is 0 Å². The monoisotopic (exact) mass is 228 g/mol. The number of fused-ring (bicyclic) bond motifs is 1. The van der Waals surface area contributed by atoms with E-state index in [9.17, 15) is 0 Å². The molecule has 2 aromatic heterocycles. The number of hydrogen-bond donors (Lipinski definition) is 0. The van der Waals surface area contributed by atoms with Gasteiger partial charge in [0.1, 0.15) is 0 Å². The van der Waals surface area contributed by atoms with Gasteiger partial charge in [-0.1, -0.05) is 19.8 Å². The highest BCUT2D eigenvalue weighted by atomic mass is 15.2. The second kappa shape index (κ2) is 4.17. The Morgan fingerprint density at radius 1 is 1.35 bits per heavy atom. The molecule has 0 N–H and O–H groups in total. The lowest BCUT2D eigenvalue weighted by atomic mass is 9.79. The van der Waals surface area contributed by atoms with Crippen molar-refractivity contribution in [2.24, 2.45) is 5.92 Å². The fourth-order valence-corrected chi connectivity index (χ4v) is 3.14. The van der Waals surface area contributed by atoms with Crippen LogP contribution in [0.2, 0.25) is 0 Å². The summed E-state index contributed by atoms with van der Waals surface area (Å²) in [6, 6.07) is 4.38. The van der Waals surface area contributed by atoms with Gasteiger partial charge in [-0.15, -0.1) is 0 Å². The molecular weight excluding hydrogens is 208 g/mol. The van der Waals surface area contributed by atoms with Crippen LogP contribution in [-0.4, -0.2) is 9.61 Å². The van der Waals surface area contributed by atoms with Crippen LogP contribution in [0.15, 0.2) is 24.5 Å². The fourth-order valence-electron chi connectivity index (χ4n) is 3.14. The number of aryl methyl sites for hydroxylation is 1. The van der Waals surface area contributed by atoms with E-state index >= 15 is 0 Å². The normalized spacial score (nSPS) is 25.3. The minimum Gasteiger partial charge on any atom is -0.241 e. The van der Waals surface area contributed by atoms with Gasteiger partial charge in [0.2, 0.25) is 0 Å². The molecule has 0 aromatic carbocycles. The molecule has 2 heteroatoms. The zero-order chi connectivity index (χ0) is 11.8. The number of hydrogen-bond acceptors (Lipinski definition) is 1. The van der Waals surface area contributed by atoms with Gasteiger partial charge in [-0.3, -0.25) is 0 Å². The van der Waals surface area contributed by atoms with Gasteiger partial charge in [-0.05, 0) is 49.3 Å². The Balaban J connectivity index is 2.01. The van der Waals surface area contributed by atoms with Crippen LogP contribution in [0.3, 0.4) is 0 Å². The average Bonchev–Trinajstić information content (AvgIpc) is 2.71. The van der Waals surface area contributed by atoms with E-state index in [-0.39, 0.29) is 0 Å². The van der Waals surface area contributed by atoms with E-state index in [1.54, 1.807) is 0 Å². The largest absolute Gasteiger partial charge is 0.241 e. The lowest BCUT2D eigenvalue weighted by molar-refractivity contribution is 0.345. The predicted molar refractivity (Wildman–Crippen MR) is 70.3 cm³/mol. The number of pyridine rings is 1. The van der Waals surface area contributed by atoms with E-state index in [0.29, 0.717) is 0 Å². The molecule has 1 aliphatic carbocycles. The molecule has 3 rings (SSSR count). The zero-order valence-electron chi connectivity index (χ0n) is 10.7. The maximum absolute atomic E-state index is 4.48. The van der Waals surface area contributed by atoms with Gasteiger partial charge in [0.05, 0.1) is 11.7 Å². The molecule has 2 atom stereocenters. The van der Waals surface area contributed by atoms with Crippen LogP contribution in [-0.2, 0) is 0 Å². The molecule has 1 aliphatic rings. The molecule has 2 heterocycles. The third kappa shape index (κ3) is 1.97. The summed E-state index contributed by atoms with van der Waals surface area (Å²) in [6.45, 7) is 4.53. The molecule has 2 unspecified atom stereocenters. The Bertz CT molecular complexity index is 527. The van der Waals surface area contributed by atoms with Crippen molar-refractivity contribution in [3.63, 3.8) is 0 Å². The third-order valence-corrected chi connectivity index (χ3v) is 4.08. The van der Waals surface area contributed by atoms with Gasteiger partial charge in [-0.2, -0.15) is 5.10 Å². The molecule has 2 nitrogen and oxygen atoms in total. The smallest absolute Gasteiger partial charge is 0.0699 e. The summed E-state index contributed by atoms with van der Waals surface area (Å²) < 4.78 is 2.02. The van der Waals surface area contributed by atoms with Crippen molar-refractivity contribution in [3.05, 3.63) is 35.7 Å². The molecule has 90 valence electrons. The number of nitrogens with zero attached hydrogens (tertiary/aromatic N) is 2. The standard InChI is InChI=1S/C15H20N2/c1-11-4-3-5-13(8-11)14-10-16-17-7-6-12(2)9-15(14)17/h6-7,9-11,13H,3-5,8H2,1-2H3. The molecule has 0 radical (unpaired) electrons. The maximum atomic E-state index is 4.48. The van der Waals surface area contributed by atoms with E-state index in [0.717, 1.165) is 11.8 Å². The Hall–Kier alpha value is -1.31. The minimum atomic E-state index is 0.720. The van der Waals surface area contributed by atoms with Gasteiger partial charge < -0.3 is 0 Å². The Morgan fingerprint density at radius 2 is 2.24 bits per heavy atom. The second-order valence-corrected chi connectivity index (χ2v) is 5.60. The summed E-state index contributed by atoms with van der Waals surface area (Å²) >= 11 is 0. The fraction of sp³-hybridized carbons (Fsp3) is 0.533. The SMILES string of the molecule is Cc1ccn2ncc(C3CCCC(C)C3)c2c1. The Labute approximate surface area is 103 Å². The highest BCUT2D eigenvalue weighted by Gasteiger charge is 2.22. The molecule has 17 heavy (non-hydrogen) atoms. The summed E-state index contributed by atoms with van der Waals surface area (Å²) in [7, 11) is 0. The van der Waals surface area contributed by atoms with E-state index < -0.39 is 0 Å². The molecule has 0 bridgehead atoms. The van der Waals surface area contributed by atoms with Crippen molar-refractivity contribution in [1.82, 2.24) is 9.61 Å². The lowest BCUT2D eigenvalue weighted by Crippen LogP contribution is -2.11. The van der Waals surface area contributed by atoms with Crippen LogP contribution in [0.4, 0.5) is 0 Å². The van der Waals surface area contributed by atoms with Crippen LogP contribution >= 0.6 is 0 Å². The highest BCUT2D eigenvalue weighted by Crippen LogP contribution is 2.37. The third-order valence-electron chi connectivity index (χ3n) is 4.08. The van der Waals surface area contributed by atoms with E-state index in [1.807, 2.05) is 4.52 Å². The molecule has 1 fully saturated rings. The summed E-state index contributed by atoms with van der Waals surface area (Å²) in [5, 5.41) is 4.48. The molecule has 0 aliphatic heterocycles. The molecule has 2 aromatic rings. The molecule has 0 saturated heterocycles. The average molecular weight is 228 g/mol. The van der Waals surface area contributed by atoms with Crippen molar-refractivity contribution in [2.45, 2.75) is 45.4 Å². The molecule has 1 saturated carbocycles. The second-order valence-electron chi connectivity index (χ2n) is 5.60. The quantitative estimate of drug-likeness (QED) is 0.722. The van der Waals surface area contributed by atoms with Gasteiger partial charge >= 0.3 is 0 Å². The van der Waals surface area contributed by atoms with Crippen molar-refractivity contribution in [3.8, 4) is 0 Å². The highest BCUT2D eigenvalue weighted by molar-refractivity contribution is 5.56. The molecular formula is C15H20N2. The number of aromatic nitrogens is 2. The summed E-state index contributed by atoms with van der Waals surface area (Å²) in [5.74, 6) is 1.59. The first kappa shape index (κ1) is 10.8. The van der Waals surface area contributed by atoms with E-state index in [4.69, 9.17) is 0 Å². The minimum absolute atomic E-state index is 0.720. The summed E-state index contributed by atoms with van der Waals surface area (Å²) in [5.41, 5.74) is 4.09. The van der Waals surface area contributed by atoms with Crippen LogP contribution in [0, 0.1) is 12.8 Å². The summed E-state index contributed by atoms with van der Waals surface area (Å²) in [6.07, 6.45) is 9.58. The Morgan fingerprint density at radius 3 is 3.06 bits per heavy atom. The van der Waals surface area contributed by atoms with Crippen LogP contribution in [0.5, 0.6) is 0 Å². The number of rotatable bonds is 1. The van der Waals surface area contributed by atoms with E-state index in [1.165, 1.54) is 42.3 Å². The van der Waals surface area contributed by atoms with Crippen LogP contribution < -0.4 is 0 Å². The topological polar surface area (TPSA) is 17.3 Å². The molecule has 0 amide bonds. The van der Waals surface area contributed by atoms with Gasteiger partial charge in [-0.25, -0.2) is 4.52 Å². The lowest BCUT2D eigenvalue weighted by Gasteiger charge is -2.26.